The first-order valence-corrected chi connectivity index (χ1v) is 6.57. The number of aliphatic carboxylic acids is 1. The summed E-state index contributed by atoms with van der Waals surface area (Å²) in [6.07, 6.45) is 2.84. The van der Waals surface area contributed by atoms with Crippen LogP contribution in [0.5, 0.6) is 0 Å². The average Bonchev–Trinajstić information content (AvgIpc) is 2.66. The normalized spacial score (nSPS) is 11.2. The molecule has 7 heteroatoms. The molecule has 1 rings (SSSR count). The van der Waals surface area contributed by atoms with E-state index in [0.717, 1.165) is 12.1 Å². The molecule has 112 valence electrons. The summed E-state index contributed by atoms with van der Waals surface area (Å²) in [6, 6.07) is -0.358. The van der Waals surface area contributed by atoms with Crippen LogP contribution in [-0.4, -0.2) is 32.4 Å². The lowest BCUT2D eigenvalue weighted by molar-refractivity contribution is -0.137. The van der Waals surface area contributed by atoms with Crippen molar-refractivity contribution >= 4 is 17.7 Å². The molecule has 0 unspecified atom stereocenters. The van der Waals surface area contributed by atoms with E-state index in [9.17, 15) is 9.59 Å². The fourth-order valence-electron chi connectivity index (χ4n) is 1.84. The second kappa shape index (κ2) is 6.40. The largest absolute Gasteiger partial charge is 0.481 e. The number of amides is 2. The molecule has 0 radical (unpaired) electrons. The molecule has 7 nitrogen and oxygen atoms in total. The van der Waals surface area contributed by atoms with Gasteiger partial charge in [-0.15, -0.1) is 0 Å². The zero-order valence-corrected chi connectivity index (χ0v) is 12.4. The van der Waals surface area contributed by atoms with Gasteiger partial charge in [0.15, 0.2) is 0 Å². The maximum absolute atomic E-state index is 11.9. The first-order valence-electron chi connectivity index (χ1n) is 6.57. The van der Waals surface area contributed by atoms with Crippen molar-refractivity contribution in [3.8, 4) is 0 Å². The van der Waals surface area contributed by atoms with Gasteiger partial charge in [0.2, 0.25) is 0 Å². The highest BCUT2D eigenvalue weighted by Crippen LogP contribution is 2.15. The van der Waals surface area contributed by atoms with Gasteiger partial charge in [0.25, 0.3) is 0 Å². The SMILES string of the molecule is CCc1nn(C)cc1NC(=O)NC(C)(C)CCC(=O)O. The van der Waals surface area contributed by atoms with Crippen LogP contribution in [0.15, 0.2) is 6.20 Å². The fourth-order valence-corrected chi connectivity index (χ4v) is 1.84. The lowest BCUT2D eigenvalue weighted by atomic mass is 9.99. The minimum Gasteiger partial charge on any atom is -0.481 e. The van der Waals surface area contributed by atoms with Crippen molar-refractivity contribution in [1.29, 1.82) is 0 Å². The van der Waals surface area contributed by atoms with Gasteiger partial charge in [-0.3, -0.25) is 9.48 Å². The number of carbonyl (C=O) groups excluding carboxylic acids is 1. The average molecular weight is 282 g/mol. The molecular formula is C13H22N4O3. The maximum Gasteiger partial charge on any atom is 0.319 e. The number of carboxylic acid groups (broad SMARTS) is 1. The lowest BCUT2D eigenvalue weighted by Crippen LogP contribution is -2.45. The molecule has 3 N–H and O–H groups in total. The molecule has 0 aromatic carbocycles. The molecule has 0 spiro atoms. The molecule has 0 atom stereocenters. The van der Waals surface area contributed by atoms with E-state index in [2.05, 4.69) is 15.7 Å². The lowest BCUT2D eigenvalue weighted by Gasteiger charge is -2.25. The highest BCUT2D eigenvalue weighted by molar-refractivity contribution is 5.90. The summed E-state index contributed by atoms with van der Waals surface area (Å²) in [5.41, 5.74) is 0.893. The second-order valence-electron chi connectivity index (χ2n) is 5.37. The van der Waals surface area contributed by atoms with Gasteiger partial charge in [-0.25, -0.2) is 4.79 Å². The Morgan fingerprint density at radius 3 is 2.65 bits per heavy atom. The maximum atomic E-state index is 11.9. The van der Waals surface area contributed by atoms with E-state index >= 15 is 0 Å². The van der Waals surface area contributed by atoms with Crippen molar-refractivity contribution in [3.05, 3.63) is 11.9 Å². The summed E-state index contributed by atoms with van der Waals surface area (Å²) < 4.78 is 1.64. The van der Waals surface area contributed by atoms with E-state index in [1.54, 1.807) is 31.8 Å². The summed E-state index contributed by atoms with van der Waals surface area (Å²) in [5, 5.41) is 18.4. The second-order valence-corrected chi connectivity index (χ2v) is 5.37. The van der Waals surface area contributed by atoms with E-state index < -0.39 is 11.5 Å². The molecule has 1 heterocycles. The van der Waals surface area contributed by atoms with Crippen molar-refractivity contribution < 1.29 is 14.7 Å². The minimum atomic E-state index is -0.874. The third-order valence-electron chi connectivity index (χ3n) is 2.90. The van der Waals surface area contributed by atoms with Crippen molar-refractivity contribution in [2.75, 3.05) is 5.32 Å². The molecular weight excluding hydrogens is 260 g/mol. The third kappa shape index (κ3) is 4.91. The number of hydrogen-bond donors (Lipinski definition) is 3. The smallest absolute Gasteiger partial charge is 0.319 e. The van der Waals surface area contributed by atoms with E-state index in [1.807, 2.05) is 6.92 Å². The van der Waals surface area contributed by atoms with Crippen LogP contribution < -0.4 is 10.6 Å². The van der Waals surface area contributed by atoms with Crippen LogP contribution in [0.1, 0.15) is 39.3 Å². The van der Waals surface area contributed by atoms with Crippen LogP contribution in [0.25, 0.3) is 0 Å². The van der Waals surface area contributed by atoms with Crippen molar-refractivity contribution in [2.45, 2.75) is 45.6 Å². The summed E-state index contributed by atoms with van der Waals surface area (Å²) >= 11 is 0. The van der Waals surface area contributed by atoms with Crippen molar-refractivity contribution in [1.82, 2.24) is 15.1 Å². The van der Waals surface area contributed by atoms with Crippen molar-refractivity contribution in [3.63, 3.8) is 0 Å². The van der Waals surface area contributed by atoms with Gasteiger partial charge in [0, 0.05) is 25.2 Å². The molecule has 20 heavy (non-hydrogen) atoms. The van der Waals surface area contributed by atoms with Gasteiger partial charge in [-0.05, 0) is 26.7 Å². The number of carboxylic acids is 1. The Kier molecular flexibility index (Phi) is 5.12. The Bertz CT molecular complexity index is 494. The number of aromatic nitrogens is 2. The predicted octanol–water partition coefficient (Wildman–Crippen LogP) is 1.75. The van der Waals surface area contributed by atoms with E-state index in [4.69, 9.17) is 5.11 Å². The zero-order chi connectivity index (χ0) is 15.3. The van der Waals surface area contributed by atoms with Crippen LogP contribution in [0.2, 0.25) is 0 Å². The van der Waals surface area contributed by atoms with Crippen LogP contribution >= 0.6 is 0 Å². The van der Waals surface area contributed by atoms with E-state index in [0.29, 0.717) is 12.1 Å². The molecule has 0 fully saturated rings. The molecule has 1 aromatic rings. The number of urea groups is 1. The summed E-state index contributed by atoms with van der Waals surface area (Å²) in [5.74, 6) is -0.874. The molecule has 0 aliphatic heterocycles. The molecule has 2 amide bonds. The zero-order valence-electron chi connectivity index (χ0n) is 12.4. The monoisotopic (exact) mass is 282 g/mol. The number of hydrogen-bond acceptors (Lipinski definition) is 3. The number of carbonyl (C=O) groups is 2. The number of rotatable bonds is 6. The number of anilines is 1. The third-order valence-corrected chi connectivity index (χ3v) is 2.90. The van der Waals surface area contributed by atoms with Crippen molar-refractivity contribution in [2.24, 2.45) is 7.05 Å². The van der Waals surface area contributed by atoms with Gasteiger partial charge >= 0.3 is 12.0 Å². The standard InChI is InChI=1S/C13H22N4O3/c1-5-9-10(8-17(4)16-9)14-12(20)15-13(2,3)7-6-11(18)19/h8H,5-7H2,1-4H3,(H,18,19)(H2,14,15,20). The quantitative estimate of drug-likeness (QED) is 0.740. The van der Waals surface area contributed by atoms with Gasteiger partial charge in [0.05, 0.1) is 11.4 Å². The molecule has 0 aliphatic rings. The van der Waals surface area contributed by atoms with Gasteiger partial charge in [-0.2, -0.15) is 5.10 Å². The van der Waals surface area contributed by atoms with Crippen LogP contribution in [-0.2, 0) is 18.3 Å². The molecule has 0 saturated heterocycles. The Balaban J connectivity index is 2.60. The predicted molar refractivity (Wildman–Crippen MR) is 75.7 cm³/mol. The number of nitrogens with zero attached hydrogens (tertiary/aromatic N) is 2. The fraction of sp³-hybridized carbons (Fsp3) is 0.615. The molecule has 0 saturated carbocycles. The Morgan fingerprint density at radius 1 is 1.45 bits per heavy atom. The number of aryl methyl sites for hydroxylation is 2. The summed E-state index contributed by atoms with van der Waals surface area (Å²) in [4.78, 5) is 22.5. The molecule has 0 aliphatic carbocycles. The first-order chi connectivity index (χ1) is 9.23. The van der Waals surface area contributed by atoms with Crippen LogP contribution in [0, 0.1) is 0 Å². The number of nitrogens with one attached hydrogen (secondary N) is 2. The Morgan fingerprint density at radius 2 is 2.10 bits per heavy atom. The van der Waals surface area contributed by atoms with Gasteiger partial charge in [0.1, 0.15) is 0 Å². The summed E-state index contributed by atoms with van der Waals surface area (Å²) in [6.45, 7) is 5.54. The molecule has 1 aromatic heterocycles. The van der Waals surface area contributed by atoms with Gasteiger partial charge < -0.3 is 15.7 Å². The summed E-state index contributed by atoms with van der Waals surface area (Å²) in [7, 11) is 1.79. The highest BCUT2D eigenvalue weighted by atomic mass is 16.4. The van der Waals surface area contributed by atoms with Crippen LogP contribution in [0.4, 0.5) is 10.5 Å². The van der Waals surface area contributed by atoms with Gasteiger partial charge in [-0.1, -0.05) is 6.92 Å². The van der Waals surface area contributed by atoms with E-state index in [-0.39, 0.29) is 12.5 Å². The molecule has 0 bridgehead atoms. The van der Waals surface area contributed by atoms with Crippen LogP contribution in [0.3, 0.4) is 0 Å². The minimum absolute atomic E-state index is 0.0143. The topological polar surface area (TPSA) is 96.3 Å². The Hall–Kier alpha value is -2.05. The highest BCUT2D eigenvalue weighted by Gasteiger charge is 2.22. The van der Waals surface area contributed by atoms with E-state index in [1.165, 1.54) is 0 Å². The Labute approximate surface area is 118 Å². The first kappa shape index (κ1) is 16.0.